The van der Waals surface area contributed by atoms with Gasteiger partial charge in [-0.3, -0.25) is 0 Å². The zero-order chi connectivity index (χ0) is 21.5. The Morgan fingerprint density at radius 2 is 1.58 bits per heavy atom. The van der Waals surface area contributed by atoms with Crippen molar-refractivity contribution in [3.63, 3.8) is 0 Å². The second-order valence-electron chi connectivity index (χ2n) is 7.12. The van der Waals surface area contributed by atoms with Crippen LogP contribution in [0, 0.1) is 0 Å². The molecule has 0 atom stereocenters. The fourth-order valence-corrected chi connectivity index (χ4v) is 3.58. The first-order chi connectivity index (χ1) is 15.2. The Morgan fingerprint density at radius 1 is 0.839 bits per heavy atom. The quantitative estimate of drug-likeness (QED) is 0.280. The molecule has 0 aliphatic carbocycles. The summed E-state index contributed by atoms with van der Waals surface area (Å²) in [5, 5.41) is 0.690. The SMILES string of the molecule is COc1ccccc1OCCCCn1c(COc2ccc(Cl)cc2)nc2ccccc21. The highest BCUT2D eigenvalue weighted by Crippen LogP contribution is 2.26. The Balaban J connectivity index is 1.38. The van der Waals surface area contributed by atoms with Crippen LogP contribution in [0.15, 0.2) is 72.8 Å². The summed E-state index contributed by atoms with van der Waals surface area (Å²) in [6.07, 6.45) is 1.88. The number of ether oxygens (including phenoxy) is 3. The fraction of sp³-hybridized carbons (Fsp3) is 0.240. The molecule has 0 saturated carbocycles. The number of rotatable bonds is 10. The third-order valence-corrected chi connectivity index (χ3v) is 5.27. The summed E-state index contributed by atoms with van der Waals surface area (Å²) < 4.78 is 19.4. The Bertz CT molecular complexity index is 1130. The molecule has 1 heterocycles. The van der Waals surface area contributed by atoms with E-state index >= 15 is 0 Å². The van der Waals surface area contributed by atoms with E-state index < -0.39 is 0 Å². The third-order valence-electron chi connectivity index (χ3n) is 5.02. The maximum atomic E-state index is 5.96. The second-order valence-corrected chi connectivity index (χ2v) is 7.55. The van der Waals surface area contributed by atoms with Gasteiger partial charge in [0.1, 0.15) is 18.2 Å². The molecule has 0 fully saturated rings. The van der Waals surface area contributed by atoms with Crippen molar-refractivity contribution in [2.75, 3.05) is 13.7 Å². The number of aryl methyl sites for hydroxylation is 1. The molecule has 0 radical (unpaired) electrons. The van der Waals surface area contributed by atoms with E-state index in [1.807, 2.05) is 66.7 Å². The number of hydrogen-bond acceptors (Lipinski definition) is 4. The molecule has 4 rings (SSSR count). The number of methoxy groups -OCH3 is 1. The lowest BCUT2D eigenvalue weighted by atomic mass is 10.3. The van der Waals surface area contributed by atoms with Crippen molar-refractivity contribution in [1.29, 1.82) is 0 Å². The average Bonchev–Trinajstić information content (AvgIpc) is 3.16. The molecule has 3 aromatic carbocycles. The summed E-state index contributed by atoms with van der Waals surface area (Å²) in [6.45, 7) is 1.87. The molecule has 0 amide bonds. The van der Waals surface area contributed by atoms with Gasteiger partial charge in [-0.1, -0.05) is 35.9 Å². The van der Waals surface area contributed by atoms with E-state index in [0.29, 0.717) is 18.2 Å². The van der Waals surface area contributed by atoms with Gasteiger partial charge in [0, 0.05) is 11.6 Å². The van der Waals surface area contributed by atoms with Gasteiger partial charge in [0.15, 0.2) is 11.5 Å². The van der Waals surface area contributed by atoms with Crippen LogP contribution in [0.1, 0.15) is 18.7 Å². The molecule has 6 heteroatoms. The molecule has 4 aromatic rings. The maximum Gasteiger partial charge on any atom is 0.161 e. The molecule has 0 aliphatic heterocycles. The summed E-state index contributed by atoms with van der Waals surface area (Å²) in [4.78, 5) is 4.78. The first-order valence-corrected chi connectivity index (χ1v) is 10.7. The predicted octanol–water partition coefficient (Wildman–Crippen LogP) is 6.14. The first-order valence-electron chi connectivity index (χ1n) is 10.3. The molecular formula is C25H25ClN2O3. The summed E-state index contributed by atoms with van der Waals surface area (Å²) in [5.74, 6) is 3.20. The molecule has 160 valence electrons. The minimum Gasteiger partial charge on any atom is -0.493 e. The van der Waals surface area contributed by atoms with Crippen LogP contribution in [0.3, 0.4) is 0 Å². The lowest BCUT2D eigenvalue weighted by Crippen LogP contribution is -2.09. The van der Waals surface area contributed by atoms with Gasteiger partial charge in [-0.25, -0.2) is 4.98 Å². The molecular weight excluding hydrogens is 412 g/mol. The van der Waals surface area contributed by atoms with Gasteiger partial charge in [-0.2, -0.15) is 0 Å². The monoisotopic (exact) mass is 436 g/mol. The zero-order valence-electron chi connectivity index (χ0n) is 17.5. The van der Waals surface area contributed by atoms with Crippen molar-refractivity contribution in [2.24, 2.45) is 0 Å². The highest BCUT2D eigenvalue weighted by Gasteiger charge is 2.11. The highest BCUT2D eigenvalue weighted by atomic mass is 35.5. The lowest BCUT2D eigenvalue weighted by molar-refractivity contribution is 0.278. The number of aromatic nitrogens is 2. The van der Waals surface area contributed by atoms with Gasteiger partial charge in [0.25, 0.3) is 0 Å². The van der Waals surface area contributed by atoms with Crippen LogP contribution < -0.4 is 14.2 Å². The number of fused-ring (bicyclic) bond motifs is 1. The number of unbranched alkanes of at least 4 members (excludes halogenated alkanes) is 1. The number of benzene rings is 3. The largest absolute Gasteiger partial charge is 0.493 e. The number of nitrogens with zero attached hydrogens (tertiary/aromatic N) is 2. The zero-order valence-corrected chi connectivity index (χ0v) is 18.2. The van der Waals surface area contributed by atoms with Crippen molar-refractivity contribution in [3.05, 3.63) is 83.6 Å². The van der Waals surface area contributed by atoms with Gasteiger partial charge in [0.2, 0.25) is 0 Å². The minimum atomic E-state index is 0.397. The summed E-state index contributed by atoms with van der Waals surface area (Å²) in [5.41, 5.74) is 2.09. The topological polar surface area (TPSA) is 45.5 Å². The van der Waals surface area contributed by atoms with E-state index in [1.165, 1.54) is 0 Å². The van der Waals surface area contributed by atoms with Crippen LogP contribution in [-0.2, 0) is 13.2 Å². The summed E-state index contributed by atoms with van der Waals surface area (Å²) in [7, 11) is 1.65. The lowest BCUT2D eigenvalue weighted by Gasteiger charge is -2.12. The van der Waals surface area contributed by atoms with Crippen molar-refractivity contribution in [2.45, 2.75) is 26.0 Å². The third kappa shape index (κ3) is 5.30. The average molecular weight is 437 g/mol. The molecule has 0 spiro atoms. The normalized spacial score (nSPS) is 10.9. The smallest absolute Gasteiger partial charge is 0.161 e. The van der Waals surface area contributed by atoms with Gasteiger partial charge < -0.3 is 18.8 Å². The number of halogens is 1. The Labute approximate surface area is 187 Å². The van der Waals surface area contributed by atoms with Crippen molar-refractivity contribution in [3.8, 4) is 17.2 Å². The summed E-state index contributed by atoms with van der Waals surface area (Å²) >= 11 is 5.96. The highest BCUT2D eigenvalue weighted by molar-refractivity contribution is 6.30. The molecule has 31 heavy (non-hydrogen) atoms. The van der Waals surface area contributed by atoms with Crippen LogP contribution in [0.5, 0.6) is 17.2 Å². The standard InChI is InChI=1S/C25H25ClN2O3/c1-29-23-10-4-5-11-24(23)30-17-7-6-16-28-22-9-3-2-8-21(22)27-25(28)18-31-20-14-12-19(26)13-15-20/h2-5,8-15H,6-7,16-18H2,1H3. The van der Waals surface area contributed by atoms with E-state index in [9.17, 15) is 0 Å². The van der Waals surface area contributed by atoms with Crippen LogP contribution >= 0.6 is 11.6 Å². The molecule has 5 nitrogen and oxygen atoms in total. The Hall–Kier alpha value is -3.18. The molecule has 0 bridgehead atoms. The molecule has 0 saturated heterocycles. The molecule has 0 N–H and O–H groups in total. The van der Waals surface area contributed by atoms with Gasteiger partial charge in [0.05, 0.1) is 24.8 Å². The first kappa shape index (κ1) is 21.1. The van der Waals surface area contributed by atoms with E-state index in [1.54, 1.807) is 7.11 Å². The van der Waals surface area contributed by atoms with Gasteiger partial charge in [-0.15, -0.1) is 0 Å². The number of imidazole rings is 1. The fourth-order valence-electron chi connectivity index (χ4n) is 3.46. The number of para-hydroxylation sites is 4. The van der Waals surface area contributed by atoms with Crippen LogP contribution in [0.25, 0.3) is 11.0 Å². The van der Waals surface area contributed by atoms with E-state index in [-0.39, 0.29) is 0 Å². The second kappa shape index (κ2) is 10.2. The van der Waals surface area contributed by atoms with Crippen molar-refractivity contribution >= 4 is 22.6 Å². The van der Waals surface area contributed by atoms with Gasteiger partial charge in [-0.05, 0) is 61.4 Å². The summed E-state index contributed by atoms with van der Waals surface area (Å²) in [6, 6.07) is 23.3. The Morgan fingerprint density at radius 3 is 2.39 bits per heavy atom. The van der Waals surface area contributed by atoms with E-state index in [0.717, 1.165) is 53.5 Å². The van der Waals surface area contributed by atoms with Crippen LogP contribution in [0.2, 0.25) is 5.02 Å². The minimum absolute atomic E-state index is 0.397. The van der Waals surface area contributed by atoms with E-state index in [2.05, 4.69) is 10.6 Å². The van der Waals surface area contributed by atoms with Gasteiger partial charge >= 0.3 is 0 Å². The Kier molecular flexibility index (Phi) is 6.95. The molecule has 0 aliphatic rings. The van der Waals surface area contributed by atoms with Crippen molar-refractivity contribution in [1.82, 2.24) is 9.55 Å². The number of hydrogen-bond donors (Lipinski definition) is 0. The van der Waals surface area contributed by atoms with Crippen molar-refractivity contribution < 1.29 is 14.2 Å². The van der Waals surface area contributed by atoms with Crippen LogP contribution in [-0.4, -0.2) is 23.3 Å². The predicted molar refractivity (Wildman–Crippen MR) is 123 cm³/mol. The van der Waals surface area contributed by atoms with Crippen LogP contribution in [0.4, 0.5) is 0 Å². The maximum absolute atomic E-state index is 5.96. The molecule has 1 aromatic heterocycles. The molecule has 0 unspecified atom stereocenters. The van der Waals surface area contributed by atoms with E-state index in [4.69, 9.17) is 30.8 Å².